The van der Waals surface area contributed by atoms with E-state index in [1.54, 1.807) is 24.3 Å². The average molecular weight is 535 g/mol. The number of aromatic nitrogens is 4. The Labute approximate surface area is 232 Å². The van der Waals surface area contributed by atoms with E-state index in [9.17, 15) is 9.59 Å². The second kappa shape index (κ2) is 12.3. The lowest BCUT2D eigenvalue weighted by Crippen LogP contribution is -2.06. The second-order valence-corrected chi connectivity index (χ2v) is 9.41. The van der Waals surface area contributed by atoms with E-state index in [2.05, 4.69) is 20.4 Å². The molecule has 2 heterocycles. The molecule has 0 radical (unpaired) electrons. The summed E-state index contributed by atoms with van der Waals surface area (Å²) in [6, 6.07) is 26.7. The molecule has 0 aliphatic carbocycles. The molecule has 0 saturated carbocycles. The molecule has 0 aliphatic heterocycles. The Bertz CT molecular complexity index is 1480. The zero-order chi connectivity index (χ0) is 27.9. The van der Waals surface area contributed by atoms with Crippen molar-refractivity contribution in [2.24, 2.45) is 0 Å². The van der Waals surface area contributed by atoms with Gasteiger partial charge in [-0.05, 0) is 90.7 Å². The number of nitrogens with one attached hydrogen (secondary N) is 2. The second-order valence-electron chi connectivity index (χ2n) is 9.41. The minimum atomic E-state index is -0.231. The first-order chi connectivity index (χ1) is 19.5. The minimum Gasteiger partial charge on any atom is -0.427 e. The van der Waals surface area contributed by atoms with Crippen LogP contribution in [0.15, 0.2) is 84.9 Å². The van der Waals surface area contributed by atoms with Crippen molar-refractivity contribution in [1.82, 2.24) is 20.4 Å². The largest absolute Gasteiger partial charge is 0.427 e. The number of hydrogen-bond acceptors (Lipinski definition) is 6. The minimum absolute atomic E-state index is 0.231. The van der Waals surface area contributed by atoms with Crippen LogP contribution in [0.4, 0.5) is 0 Å². The lowest BCUT2D eigenvalue weighted by molar-refractivity contribution is -0.135. The van der Waals surface area contributed by atoms with Gasteiger partial charge in [-0.15, -0.1) is 0 Å². The van der Waals surface area contributed by atoms with Crippen molar-refractivity contribution >= 4 is 11.9 Å². The van der Waals surface area contributed by atoms with Crippen molar-refractivity contribution in [2.45, 2.75) is 39.5 Å². The van der Waals surface area contributed by atoms with Crippen molar-refractivity contribution in [3.05, 3.63) is 84.9 Å². The molecule has 8 heteroatoms. The van der Waals surface area contributed by atoms with Crippen molar-refractivity contribution in [3.63, 3.8) is 0 Å². The number of benzene rings is 3. The quantitative estimate of drug-likeness (QED) is 0.145. The SMILES string of the molecule is CCCC(=O)Oc1ccc(-c2cc(-c3cccc(-c4cc(-c5ccc(OC(=O)CCC)cc5)[nH]n4)c3)n[nH]2)cc1. The van der Waals surface area contributed by atoms with Crippen LogP contribution in [0.25, 0.3) is 45.0 Å². The molecule has 40 heavy (non-hydrogen) atoms. The molecule has 0 spiro atoms. The number of carbonyl (C=O) groups excluding carboxylic acids is 2. The monoisotopic (exact) mass is 534 g/mol. The Morgan fingerprint density at radius 3 is 1.43 bits per heavy atom. The summed E-state index contributed by atoms with van der Waals surface area (Å²) >= 11 is 0. The summed E-state index contributed by atoms with van der Waals surface area (Å²) in [4.78, 5) is 23.5. The van der Waals surface area contributed by atoms with Crippen molar-refractivity contribution in [2.75, 3.05) is 0 Å². The summed E-state index contributed by atoms with van der Waals surface area (Å²) in [7, 11) is 0. The molecule has 2 aromatic heterocycles. The average Bonchev–Trinajstić information content (AvgIpc) is 3.65. The molecular formula is C32H30N4O4. The van der Waals surface area contributed by atoms with Crippen LogP contribution < -0.4 is 9.47 Å². The van der Waals surface area contributed by atoms with Gasteiger partial charge >= 0.3 is 11.9 Å². The van der Waals surface area contributed by atoms with E-state index < -0.39 is 0 Å². The fourth-order valence-corrected chi connectivity index (χ4v) is 4.25. The molecule has 3 aromatic carbocycles. The maximum absolute atomic E-state index is 11.7. The smallest absolute Gasteiger partial charge is 0.311 e. The first kappa shape index (κ1) is 26.6. The lowest BCUT2D eigenvalue weighted by atomic mass is 10.0. The standard InChI is InChI=1S/C32H30N4O4/c1-3-6-31(37)39-25-14-10-21(11-15-25)27-19-29(35-33-27)23-8-5-9-24(18-23)30-20-28(34-36-30)22-12-16-26(17-13-22)40-32(38)7-4-2/h5,8-20H,3-4,6-7H2,1-2H3,(H,33,35)(H,34,36). The normalized spacial score (nSPS) is 10.8. The van der Waals surface area contributed by atoms with Gasteiger partial charge in [0.1, 0.15) is 11.5 Å². The van der Waals surface area contributed by atoms with Crippen molar-refractivity contribution < 1.29 is 19.1 Å². The van der Waals surface area contributed by atoms with E-state index in [0.717, 1.165) is 57.9 Å². The third-order valence-electron chi connectivity index (χ3n) is 6.31. The zero-order valence-corrected chi connectivity index (χ0v) is 22.4. The summed E-state index contributed by atoms with van der Waals surface area (Å²) in [5, 5.41) is 15.2. The summed E-state index contributed by atoms with van der Waals surface area (Å²) in [6.45, 7) is 3.89. The third kappa shape index (κ3) is 6.35. The summed E-state index contributed by atoms with van der Waals surface area (Å²) < 4.78 is 10.7. The van der Waals surface area contributed by atoms with Gasteiger partial charge < -0.3 is 9.47 Å². The van der Waals surface area contributed by atoms with Crippen LogP contribution in [0.1, 0.15) is 39.5 Å². The Hall–Kier alpha value is -4.98. The van der Waals surface area contributed by atoms with E-state index in [1.807, 2.05) is 74.5 Å². The molecule has 0 aliphatic rings. The van der Waals surface area contributed by atoms with Crippen LogP contribution in [-0.2, 0) is 9.59 Å². The van der Waals surface area contributed by atoms with Gasteiger partial charge in [0.25, 0.3) is 0 Å². The maximum atomic E-state index is 11.7. The fourth-order valence-electron chi connectivity index (χ4n) is 4.25. The number of carbonyl (C=O) groups is 2. The Morgan fingerprint density at radius 2 is 1.02 bits per heavy atom. The highest BCUT2D eigenvalue weighted by Crippen LogP contribution is 2.30. The van der Waals surface area contributed by atoms with Crippen LogP contribution in [0.5, 0.6) is 11.5 Å². The predicted octanol–water partition coefficient (Wildman–Crippen LogP) is 7.21. The Morgan fingerprint density at radius 1 is 0.600 bits per heavy atom. The van der Waals surface area contributed by atoms with Gasteiger partial charge in [0.05, 0.1) is 22.8 Å². The molecule has 0 amide bonds. The van der Waals surface area contributed by atoms with Crippen molar-refractivity contribution in [3.8, 4) is 56.5 Å². The van der Waals surface area contributed by atoms with Crippen LogP contribution in [0.2, 0.25) is 0 Å². The topological polar surface area (TPSA) is 110 Å². The maximum Gasteiger partial charge on any atom is 0.311 e. The third-order valence-corrected chi connectivity index (χ3v) is 6.31. The number of aromatic amines is 2. The number of esters is 2. The van der Waals surface area contributed by atoms with E-state index in [4.69, 9.17) is 9.47 Å². The summed E-state index contributed by atoms with van der Waals surface area (Å²) in [5.74, 6) is 0.593. The molecule has 0 bridgehead atoms. The molecule has 8 nitrogen and oxygen atoms in total. The Balaban J connectivity index is 1.29. The fraction of sp³-hybridized carbons (Fsp3) is 0.188. The number of ether oxygens (including phenoxy) is 2. The number of hydrogen-bond donors (Lipinski definition) is 2. The van der Waals surface area contributed by atoms with Gasteiger partial charge in [-0.25, -0.2) is 0 Å². The van der Waals surface area contributed by atoms with Crippen LogP contribution in [0, 0.1) is 0 Å². The van der Waals surface area contributed by atoms with E-state index in [0.29, 0.717) is 24.3 Å². The molecule has 0 saturated heterocycles. The van der Waals surface area contributed by atoms with Gasteiger partial charge in [-0.1, -0.05) is 32.0 Å². The highest BCUT2D eigenvalue weighted by atomic mass is 16.5. The van der Waals surface area contributed by atoms with E-state index in [-0.39, 0.29) is 11.9 Å². The molecule has 2 N–H and O–H groups in total. The molecule has 0 atom stereocenters. The first-order valence-electron chi connectivity index (χ1n) is 13.4. The van der Waals surface area contributed by atoms with Crippen molar-refractivity contribution in [1.29, 1.82) is 0 Å². The van der Waals surface area contributed by atoms with Crippen LogP contribution in [0.3, 0.4) is 0 Å². The summed E-state index contributed by atoms with van der Waals surface area (Å²) in [6.07, 6.45) is 2.30. The van der Waals surface area contributed by atoms with Crippen LogP contribution >= 0.6 is 0 Å². The molecule has 5 rings (SSSR count). The predicted molar refractivity (Wildman–Crippen MR) is 154 cm³/mol. The highest BCUT2D eigenvalue weighted by molar-refractivity contribution is 5.76. The van der Waals surface area contributed by atoms with Gasteiger partial charge in [-0.2, -0.15) is 10.2 Å². The molecular weight excluding hydrogens is 504 g/mol. The van der Waals surface area contributed by atoms with Gasteiger partial charge in [0.15, 0.2) is 0 Å². The highest BCUT2D eigenvalue weighted by Gasteiger charge is 2.11. The van der Waals surface area contributed by atoms with Gasteiger partial charge in [0, 0.05) is 24.0 Å². The number of nitrogens with zero attached hydrogens (tertiary/aromatic N) is 2. The summed E-state index contributed by atoms with van der Waals surface area (Å²) in [5.41, 5.74) is 7.11. The molecule has 0 unspecified atom stereocenters. The molecule has 0 fully saturated rings. The number of H-pyrrole nitrogens is 2. The van der Waals surface area contributed by atoms with Crippen LogP contribution in [-0.4, -0.2) is 32.3 Å². The molecule has 5 aromatic rings. The van der Waals surface area contributed by atoms with Gasteiger partial charge in [0.2, 0.25) is 0 Å². The molecule has 202 valence electrons. The lowest BCUT2D eigenvalue weighted by Gasteiger charge is -2.04. The first-order valence-corrected chi connectivity index (χ1v) is 13.4. The van der Waals surface area contributed by atoms with Gasteiger partial charge in [-0.3, -0.25) is 19.8 Å². The van der Waals surface area contributed by atoms with E-state index >= 15 is 0 Å². The zero-order valence-electron chi connectivity index (χ0n) is 22.4. The van der Waals surface area contributed by atoms with E-state index in [1.165, 1.54) is 0 Å². The number of rotatable bonds is 10. The Kier molecular flexibility index (Phi) is 8.15.